The Balaban J connectivity index is 2.01. The topological polar surface area (TPSA) is 30.9 Å². The Morgan fingerprint density at radius 1 is 0.900 bits per heavy atom. The Morgan fingerprint density at radius 3 is 2.45 bits per heavy atom. The summed E-state index contributed by atoms with van der Waals surface area (Å²) in [5.74, 6) is -0.534. The summed E-state index contributed by atoms with van der Waals surface area (Å²) < 4.78 is 28.4. The molecule has 0 aliphatic heterocycles. The third-order valence-electron chi connectivity index (χ3n) is 3.46. The zero-order valence-electron chi connectivity index (χ0n) is 10.8. The van der Waals surface area contributed by atoms with Gasteiger partial charge < -0.3 is 10.3 Å². The quantitative estimate of drug-likeness (QED) is 0.778. The van der Waals surface area contributed by atoms with Crippen molar-refractivity contribution in [3.8, 4) is 0 Å². The molecule has 0 aliphatic carbocycles. The number of hydrogen-bond donors (Lipinski definition) is 1. The van der Waals surface area contributed by atoms with Crippen LogP contribution in [0.5, 0.6) is 0 Å². The Labute approximate surface area is 115 Å². The average Bonchev–Trinajstić information content (AvgIpc) is 2.83. The first-order valence-corrected chi connectivity index (χ1v) is 6.39. The van der Waals surface area contributed by atoms with Gasteiger partial charge in [0.25, 0.3) is 0 Å². The Bertz CT molecular complexity index is 762. The van der Waals surface area contributed by atoms with Gasteiger partial charge in [-0.15, -0.1) is 0 Å². The van der Waals surface area contributed by atoms with Crippen LogP contribution in [0.15, 0.2) is 48.7 Å². The van der Waals surface area contributed by atoms with Crippen molar-refractivity contribution in [3.63, 3.8) is 0 Å². The molecule has 0 saturated heterocycles. The summed E-state index contributed by atoms with van der Waals surface area (Å²) in [5.41, 5.74) is 8.35. The molecular weight excluding hydrogens is 258 g/mol. The highest BCUT2D eigenvalue weighted by Crippen LogP contribution is 2.20. The maximum Gasteiger partial charge on any atom is 0.123 e. The zero-order chi connectivity index (χ0) is 14.1. The van der Waals surface area contributed by atoms with Crippen LogP contribution in [0.4, 0.5) is 8.78 Å². The molecule has 0 unspecified atom stereocenters. The zero-order valence-corrected chi connectivity index (χ0v) is 10.8. The first kappa shape index (κ1) is 12.8. The van der Waals surface area contributed by atoms with E-state index >= 15 is 0 Å². The summed E-state index contributed by atoms with van der Waals surface area (Å²) >= 11 is 0. The largest absolute Gasteiger partial charge is 0.343 e. The monoisotopic (exact) mass is 272 g/mol. The van der Waals surface area contributed by atoms with Gasteiger partial charge in [0, 0.05) is 30.2 Å². The molecule has 4 heteroatoms. The smallest absolute Gasteiger partial charge is 0.123 e. The molecule has 2 N–H and O–H groups in total. The molecule has 1 aromatic heterocycles. The van der Waals surface area contributed by atoms with E-state index in [9.17, 15) is 8.78 Å². The SMILES string of the molecule is NCc1cc(F)ccc1Cn1ccc2cc(F)ccc21. The molecule has 0 amide bonds. The van der Waals surface area contributed by atoms with E-state index in [1.54, 1.807) is 12.1 Å². The second-order valence-electron chi connectivity index (χ2n) is 4.76. The van der Waals surface area contributed by atoms with Crippen molar-refractivity contribution in [1.82, 2.24) is 4.57 Å². The van der Waals surface area contributed by atoms with Crippen molar-refractivity contribution >= 4 is 10.9 Å². The van der Waals surface area contributed by atoms with Crippen molar-refractivity contribution in [2.75, 3.05) is 0 Å². The van der Waals surface area contributed by atoms with Crippen LogP contribution < -0.4 is 5.73 Å². The summed E-state index contributed by atoms with van der Waals surface area (Å²) in [6, 6.07) is 11.2. The lowest BCUT2D eigenvalue weighted by molar-refractivity contribution is 0.623. The van der Waals surface area contributed by atoms with Crippen LogP contribution in [0.25, 0.3) is 10.9 Å². The Hall–Kier alpha value is -2.20. The van der Waals surface area contributed by atoms with Gasteiger partial charge in [0.2, 0.25) is 0 Å². The van der Waals surface area contributed by atoms with Crippen molar-refractivity contribution in [2.45, 2.75) is 13.1 Å². The summed E-state index contributed by atoms with van der Waals surface area (Å²) in [4.78, 5) is 0. The van der Waals surface area contributed by atoms with E-state index in [0.717, 1.165) is 22.0 Å². The first-order valence-electron chi connectivity index (χ1n) is 6.39. The lowest BCUT2D eigenvalue weighted by Crippen LogP contribution is -2.06. The number of benzene rings is 2. The predicted molar refractivity (Wildman–Crippen MR) is 75.3 cm³/mol. The maximum atomic E-state index is 13.2. The predicted octanol–water partition coefficient (Wildman–Crippen LogP) is 3.43. The highest BCUT2D eigenvalue weighted by Gasteiger charge is 2.07. The van der Waals surface area contributed by atoms with Crippen LogP contribution in [0, 0.1) is 11.6 Å². The molecule has 0 fully saturated rings. The average molecular weight is 272 g/mol. The third kappa shape index (κ3) is 2.30. The van der Waals surface area contributed by atoms with Crippen molar-refractivity contribution in [1.29, 1.82) is 0 Å². The Kier molecular flexibility index (Phi) is 3.24. The number of halogens is 2. The maximum absolute atomic E-state index is 13.2. The minimum absolute atomic E-state index is 0.250. The van der Waals surface area contributed by atoms with Crippen LogP contribution in [0.1, 0.15) is 11.1 Å². The van der Waals surface area contributed by atoms with E-state index in [1.165, 1.54) is 24.3 Å². The van der Waals surface area contributed by atoms with E-state index in [1.807, 2.05) is 16.8 Å². The van der Waals surface area contributed by atoms with Gasteiger partial charge >= 0.3 is 0 Å². The van der Waals surface area contributed by atoms with Crippen LogP contribution >= 0.6 is 0 Å². The fraction of sp³-hybridized carbons (Fsp3) is 0.125. The van der Waals surface area contributed by atoms with Crippen LogP contribution in [0.2, 0.25) is 0 Å². The lowest BCUT2D eigenvalue weighted by atomic mass is 10.1. The summed E-state index contributed by atoms with van der Waals surface area (Å²) in [6.45, 7) is 0.878. The number of aromatic nitrogens is 1. The summed E-state index contributed by atoms with van der Waals surface area (Å²) in [5, 5.41) is 0.849. The number of nitrogens with two attached hydrogens (primary N) is 1. The molecule has 0 bridgehead atoms. The van der Waals surface area contributed by atoms with Crippen LogP contribution in [-0.2, 0) is 13.1 Å². The molecule has 3 aromatic rings. The van der Waals surface area contributed by atoms with E-state index in [-0.39, 0.29) is 11.6 Å². The number of nitrogens with zero attached hydrogens (tertiary/aromatic N) is 1. The number of rotatable bonds is 3. The van der Waals surface area contributed by atoms with Crippen LogP contribution in [0.3, 0.4) is 0 Å². The molecule has 20 heavy (non-hydrogen) atoms. The molecule has 0 aliphatic rings. The molecule has 0 atom stereocenters. The van der Waals surface area contributed by atoms with Crippen molar-refractivity contribution in [3.05, 3.63) is 71.4 Å². The molecule has 1 heterocycles. The minimum Gasteiger partial charge on any atom is -0.343 e. The van der Waals surface area contributed by atoms with E-state index < -0.39 is 0 Å². The van der Waals surface area contributed by atoms with E-state index in [0.29, 0.717) is 13.1 Å². The fourth-order valence-electron chi connectivity index (χ4n) is 2.43. The number of fused-ring (bicyclic) bond motifs is 1. The van der Waals surface area contributed by atoms with Crippen molar-refractivity contribution < 1.29 is 8.78 Å². The van der Waals surface area contributed by atoms with Gasteiger partial charge in [-0.25, -0.2) is 8.78 Å². The molecule has 0 saturated carbocycles. The second kappa shape index (κ2) is 5.06. The Morgan fingerprint density at radius 2 is 1.65 bits per heavy atom. The highest BCUT2D eigenvalue weighted by molar-refractivity contribution is 5.80. The summed E-state index contributed by atoms with van der Waals surface area (Å²) in [6.07, 6.45) is 1.90. The van der Waals surface area contributed by atoms with Gasteiger partial charge in [0.15, 0.2) is 0 Å². The van der Waals surface area contributed by atoms with Gasteiger partial charge in [-0.3, -0.25) is 0 Å². The lowest BCUT2D eigenvalue weighted by Gasteiger charge is -2.10. The van der Waals surface area contributed by atoms with Crippen LogP contribution in [-0.4, -0.2) is 4.57 Å². The molecule has 3 rings (SSSR count). The minimum atomic E-state index is -0.284. The highest BCUT2D eigenvalue weighted by atomic mass is 19.1. The van der Waals surface area contributed by atoms with Gasteiger partial charge in [-0.1, -0.05) is 6.07 Å². The molecular formula is C16H14F2N2. The normalized spacial score (nSPS) is 11.2. The first-order chi connectivity index (χ1) is 9.67. The van der Waals surface area contributed by atoms with Gasteiger partial charge in [-0.05, 0) is 47.5 Å². The molecule has 2 aromatic carbocycles. The van der Waals surface area contributed by atoms with Gasteiger partial charge in [0.05, 0.1) is 0 Å². The van der Waals surface area contributed by atoms with Crippen molar-refractivity contribution in [2.24, 2.45) is 5.73 Å². The second-order valence-corrected chi connectivity index (χ2v) is 4.76. The molecule has 0 spiro atoms. The number of hydrogen-bond acceptors (Lipinski definition) is 1. The third-order valence-corrected chi connectivity index (χ3v) is 3.46. The fourth-order valence-corrected chi connectivity index (χ4v) is 2.43. The van der Waals surface area contributed by atoms with E-state index in [4.69, 9.17) is 5.73 Å². The summed E-state index contributed by atoms with van der Waals surface area (Å²) in [7, 11) is 0. The van der Waals surface area contributed by atoms with Gasteiger partial charge in [0.1, 0.15) is 11.6 Å². The standard InChI is InChI=1S/C16H14F2N2/c17-14-2-1-12(13(8-14)9-19)10-20-6-5-11-7-15(18)3-4-16(11)20/h1-8H,9-10,19H2. The van der Waals surface area contributed by atoms with Gasteiger partial charge in [-0.2, -0.15) is 0 Å². The molecule has 2 nitrogen and oxygen atoms in total. The van der Waals surface area contributed by atoms with E-state index in [2.05, 4.69) is 0 Å². The molecule has 102 valence electrons. The molecule has 0 radical (unpaired) electrons.